The largest absolute Gasteiger partial charge is 1.00 e. The Bertz CT molecular complexity index is 772. The summed E-state index contributed by atoms with van der Waals surface area (Å²) in [6.45, 7) is -0.0349. The van der Waals surface area contributed by atoms with Crippen LogP contribution in [0.3, 0.4) is 0 Å². The van der Waals surface area contributed by atoms with Crippen LogP contribution in [0.2, 0.25) is 0 Å². The predicted molar refractivity (Wildman–Crippen MR) is 109 cm³/mol. The minimum atomic E-state index is -4.27. The van der Waals surface area contributed by atoms with Crippen molar-refractivity contribution in [3.8, 4) is 0 Å². The number of rotatable bonds is 7. The monoisotopic (exact) mass is 554 g/mol. The van der Waals surface area contributed by atoms with Crippen molar-refractivity contribution in [3.63, 3.8) is 0 Å². The summed E-state index contributed by atoms with van der Waals surface area (Å²) in [6, 6.07) is 28.4. The van der Waals surface area contributed by atoms with E-state index in [9.17, 15) is 9.46 Å². The van der Waals surface area contributed by atoms with Gasteiger partial charge in [-0.15, -0.1) is 0 Å². The quantitative estimate of drug-likeness (QED) is 0.220. The van der Waals surface area contributed by atoms with Gasteiger partial charge in [-0.1, -0.05) is 107 Å². The average Bonchev–Trinajstić information content (AvgIpc) is 2.74. The number of hydrogen-bond acceptors (Lipinski definition) is 4. The van der Waals surface area contributed by atoms with E-state index in [2.05, 4.69) is 28.1 Å². The first-order chi connectivity index (χ1) is 13.1. The van der Waals surface area contributed by atoms with Crippen molar-refractivity contribution in [1.82, 2.24) is 0 Å². The van der Waals surface area contributed by atoms with E-state index in [1.54, 1.807) is 24.3 Å². The smallest absolute Gasteiger partial charge is 0.756 e. The third-order valence-electron chi connectivity index (χ3n) is 3.46. The first kappa shape index (κ1) is 25.0. The van der Waals surface area contributed by atoms with E-state index in [1.807, 2.05) is 54.6 Å². The van der Waals surface area contributed by atoms with Crippen molar-refractivity contribution in [1.29, 1.82) is 0 Å². The van der Waals surface area contributed by atoms with Crippen LogP contribution >= 0.6 is 23.8 Å². The molecule has 0 aromatic heterocycles. The maximum atomic E-state index is 11.6. The fourth-order valence-corrected chi connectivity index (χ4v) is 3.12. The van der Waals surface area contributed by atoms with Crippen LogP contribution in [0.15, 0.2) is 91.0 Å². The SMILES string of the molecule is BrCc1ccccc1.O=P([O-])(OCc1ccccc1)OCc1ccccc1.[Ag+]. The first-order valence-electron chi connectivity index (χ1n) is 8.37. The number of halogens is 1. The van der Waals surface area contributed by atoms with Gasteiger partial charge in [-0.05, 0) is 16.7 Å². The van der Waals surface area contributed by atoms with E-state index >= 15 is 0 Å². The fraction of sp³-hybridized carbons (Fsp3) is 0.143. The summed E-state index contributed by atoms with van der Waals surface area (Å²) in [5.74, 6) is 0. The zero-order chi connectivity index (χ0) is 19.4. The van der Waals surface area contributed by atoms with Gasteiger partial charge in [0.05, 0.1) is 13.2 Å². The van der Waals surface area contributed by atoms with E-state index < -0.39 is 7.82 Å². The van der Waals surface area contributed by atoms with Crippen molar-refractivity contribution in [2.24, 2.45) is 0 Å². The molecular weight excluding hydrogens is 535 g/mol. The Balaban J connectivity index is 0.000000367. The van der Waals surface area contributed by atoms with Crippen molar-refractivity contribution in [2.75, 3.05) is 0 Å². The Morgan fingerprint density at radius 1 is 0.679 bits per heavy atom. The van der Waals surface area contributed by atoms with Gasteiger partial charge in [0.25, 0.3) is 7.82 Å². The predicted octanol–water partition coefficient (Wildman–Crippen LogP) is 5.47. The molecule has 4 nitrogen and oxygen atoms in total. The van der Waals surface area contributed by atoms with E-state index in [-0.39, 0.29) is 35.6 Å². The topological polar surface area (TPSA) is 58.6 Å². The minimum Gasteiger partial charge on any atom is -0.756 e. The molecule has 3 rings (SSSR count). The first-order valence-corrected chi connectivity index (χ1v) is 10.9. The second-order valence-electron chi connectivity index (χ2n) is 5.58. The summed E-state index contributed by atoms with van der Waals surface area (Å²) < 4.78 is 21.2. The Morgan fingerprint density at radius 2 is 1.00 bits per heavy atom. The van der Waals surface area contributed by atoms with Crippen LogP contribution in [0, 0.1) is 0 Å². The van der Waals surface area contributed by atoms with E-state index in [0.29, 0.717) is 0 Å². The molecule has 0 radical (unpaired) electrons. The molecule has 0 aliphatic rings. The minimum absolute atomic E-state index is 0. The van der Waals surface area contributed by atoms with Gasteiger partial charge in [-0.25, -0.2) is 0 Å². The van der Waals surface area contributed by atoms with Crippen LogP contribution in [0.25, 0.3) is 0 Å². The molecule has 0 saturated carbocycles. The molecule has 0 fully saturated rings. The zero-order valence-corrected chi connectivity index (χ0v) is 19.0. The molecule has 28 heavy (non-hydrogen) atoms. The van der Waals surface area contributed by atoms with Crippen LogP contribution in [0.5, 0.6) is 0 Å². The van der Waals surface area contributed by atoms with Crippen LogP contribution in [0.4, 0.5) is 0 Å². The third kappa shape index (κ3) is 10.5. The standard InChI is InChI=1S/C14H15O4P.C7H7Br.Ag/c15-19(16,17-11-13-7-3-1-4-8-13)18-12-14-9-5-2-6-10-14;8-6-7-4-2-1-3-5-7;/h1-10H,11-12H2,(H,15,16);1-5H,6H2;/q;;+1/p-1. The van der Waals surface area contributed by atoms with Gasteiger partial charge >= 0.3 is 22.4 Å². The number of phosphoric acid groups is 1. The molecule has 0 heterocycles. The van der Waals surface area contributed by atoms with Crippen LogP contribution in [-0.2, 0) is 54.5 Å². The van der Waals surface area contributed by atoms with Gasteiger partial charge in [-0.2, -0.15) is 0 Å². The van der Waals surface area contributed by atoms with Crippen molar-refractivity contribution in [3.05, 3.63) is 108 Å². The molecule has 0 spiro atoms. The maximum absolute atomic E-state index is 11.6. The average molecular weight is 556 g/mol. The van der Waals surface area contributed by atoms with E-state index in [4.69, 9.17) is 9.05 Å². The second-order valence-corrected chi connectivity index (χ2v) is 7.56. The molecule has 0 atom stereocenters. The molecule has 0 aliphatic carbocycles. The summed E-state index contributed by atoms with van der Waals surface area (Å²) in [4.78, 5) is 11.6. The Hall–Kier alpha value is -1.01. The van der Waals surface area contributed by atoms with Crippen LogP contribution in [-0.4, -0.2) is 0 Å². The van der Waals surface area contributed by atoms with Crippen molar-refractivity contribution >= 4 is 23.8 Å². The molecule has 0 saturated heterocycles. The summed E-state index contributed by atoms with van der Waals surface area (Å²) in [5.41, 5.74) is 2.89. The Kier molecular flexibility index (Phi) is 12.6. The molecule has 0 unspecified atom stereocenters. The van der Waals surface area contributed by atoms with Crippen LogP contribution < -0.4 is 4.89 Å². The fourth-order valence-electron chi connectivity index (χ4n) is 2.06. The third-order valence-corrected chi connectivity index (χ3v) is 5.00. The van der Waals surface area contributed by atoms with Gasteiger partial charge in [0.2, 0.25) is 0 Å². The number of hydrogen-bond donors (Lipinski definition) is 0. The number of benzene rings is 3. The number of phosphoric ester groups is 1. The molecule has 0 N–H and O–H groups in total. The number of alkyl halides is 1. The van der Waals surface area contributed by atoms with E-state index in [0.717, 1.165) is 16.5 Å². The molecular formula is C21H21AgBrO4P. The molecule has 3 aromatic carbocycles. The Labute approximate surface area is 190 Å². The molecule has 0 bridgehead atoms. The van der Waals surface area contributed by atoms with Gasteiger partial charge in [-0.3, -0.25) is 4.57 Å². The summed E-state index contributed by atoms with van der Waals surface area (Å²) in [5, 5.41) is 0.952. The van der Waals surface area contributed by atoms with Gasteiger partial charge in [0, 0.05) is 5.33 Å². The van der Waals surface area contributed by atoms with Gasteiger partial charge in [0.15, 0.2) is 0 Å². The molecule has 0 amide bonds. The normalized spacial score (nSPS) is 10.4. The van der Waals surface area contributed by atoms with Crippen molar-refractivity contribution < 1.29 is 40.9 Å². The van der Waals surface area contributed by atoms with Gasteiger partial charge < -0.3 is 13.9 Å². The Morgan fingerprint density at radius 3 is 1.29 bits per heavy atom. The van der Waals surface area contributed by atoms with E-state index in [1.165, 1.54) is 5.56 Å². The second kappa shape index (κ2) is 14.0. The van der Waals surface area contributed by atoms with Crippen molar-refractivity contribution in [2.45, 2.75) is 18.5 Å². The molecule has 3 aromatic rings. The molecule has 7 heteroatoms. The maximum Gasteiger partial charge on any atom is 1.00 e. The molecule has 152 valence electrons. The summed E-state index contributed by atoms with van der Waals surface area (Å²) in [6.07, 6.45) is 0. The molecule has 0 aliphatic heterocycles. The summed E-state index contributed by atoms with van der Waals surface area (Å²) in [7, 11) is -4.27. The van der Waals surface area contributed by atoms with Gasteiger partial charge in [0.1, 0.15) is 0 Å². The van der Waals surface area contributed by atoms with Crippen LogP contribution in [0.1, 0.15) is 16.7 Å². The summed E-state index contributed by atoms with van der Waals surface area (Å²) >= 11 is 3.36. The zero-order valence-electron chi connectivity index (χ0n) is 15.0.